The second-order valence-electron chi connectivity index (χ2n) is 8.15. The van der Waals surface area contributed by atoms with Crippen molar-refractivity contribution in [2.75, 3.05) is 20.1 Å². The van der Waals surface area contributed by atoms with Crippen molar-refractivity contribution in [2.45, 2.75) is 51.9 Å². The molecular weight excluding hydrogens is 386 g/mol. The highest BCUT2D eigenvalue weighted by molar-refractivity contribution is 5.94. The van der Waals surface area contributed by atoms with Crippen LogP contribution in [0.3, 0.4) is 0 Å². The number of benzene rings is 2. The lowest BCUT2D eigenvalue weighted by molar-refractivity contribution is 0.0956. The van der Waals surface area contributed by atoms with Crippen LogP contribution in [0.15, 0.2) is 59.6 Å². The number of hydrogen-bond acceptors (Lipinski definition) is 3. The van der Waals surface area contributed by atoms with Crippen molar-refractivity contribution in [2.24, 2.45) is 4.99 Å². The fraction of sp³-hybridized carbons (Fsp3) is 0.440. The first-order valence-corrected chi connectivity index (χ1v) is 11.2. The molecule has 0 aromatic heterocycles. The maximum atomic E-state index is 11.9. The van der Waals surface area contributed by atoms with Crippen molar-refractivity contribution in [3.05, 3.63) is 71.3 Å². The number of nitrogens with zero attached hydrogens (tertiary/aromatic N) is 2. The third-order valence-electron chi connectivity index (χ3n) is 5.82. The Morgan fingerprint density at radius 3 is 2.45 bits per heavy atom. The highest BCUT2D eigenvalue weighted by Crippen LogP contribution is 2.20. The predicted molar refractivity (Wildman–Crippen MR) is 127 cm³/mol. The Kier molecular flexibility index (Phi) is 8.47. The van der Waals surface area contributed by atoms with Crippen LogP contribution in [0.5, 0.6) is 0 Å². The summed E-state index contributed by atoms with van der Waals surface area (Å²) in [6, 6.07) is 19.3. The van der Waals surface area contributed by atoms with Crippen molar-refractivity contribution in [3.63, 3.8) is 0 Å². The van der Waals surface area contributed by atoms with Gasteiger partial charge in [0.15, 0.2) is 5.96 Å². The largest absolute Gasteiger partial charge is 0.354 e. The smallest absolute Gasteiger partial charge is 0.251 e. The summed E-state index contributed by atoms with van der Waals surface area (Å²) in [6.07, 6.45) is 2.19. The molecule has 3 rings (SSSR count). The maximum absolute atomic E-state index is 11.9. The van der Waals surface area contributed by atoms with Gasteiger partial charge in [-0.1, -0.05) is 42.5 Å². The number of likely N-dealkylation sites (tertiary alicyclic amines) is 1. The quantitative estimate of drug-likeness (QED) is 0.475. The van der Waals surface area contributed by atoms with Crippen LogP contribution in [0.1, 0.15) is 48.2 Å². The topological polar surface area (TPSA) is 68.8 Å². The first-order chi connectivity index (χ1) is 15.1. The molecule has 0 saturated carbocycles. The minimum Gasteiger partial charge on any atom is -0.354 e. The Morgan fingerprint density at radius 1 is 1.06 bits per heavy atom. The van der Waals surface area contributed by atoms with E-state index >= 15 is 0 Å². The fourth-order valence-electron chi connectivity index (χ4n) is 4.02. The van der Waals surface area contributed by atoms with Crippen molar-refractivity contribution in [1.29, 1.82) is 0 Å². The van der Waals surface area contributed by atoms with E-state index in [0.29, 0.717) is 30.7 Å². The van der Waals surface area contributed by atoms with Gasteiger partial charge in [0.05, 0.1) is 0 Å². The van der Waals surface area contributed by atoms with E-state index in [1.807, 2.05) is 38.2 Å². The second kappa shape index (κ2) is 11.5. The molecule has 1 saturated heterocycles. The third-order valence-corrected chi connectivity index (χ3v) is 5.82. The number of amides is 1. The van der Waals surface area contributed by atoms with Gasteiger partial charge in [0, 0.05) is 50.9 Å². The molecule has 2 atom stereocenters. The molecule has 1 aliphatic heterocycles. The van der Waals surface area contributed by atoms with Crippen LogP contribution < -0.4 is 16.0 Å². The number of piperidine rings is 1. The monoisotopic (exact) mass is 421 g/mol. The van der Waals surface area contributed by atoms with E-state index in [1.165, 1.54) is 5.56 Å². The molecule has 1 heterocycles. The number of rotatable bonds is 7. The SMILES string of the molecule is CCNC(=O)c1ccc(CNC(=NC)NC2CCN(Cc3ccccc3)C(C)C2)cc1. The zero-order valence-electron chi connectivity index (χ0n) is 18.9. The maximum Gasteiger partial charge on any atom is 0.251 e. The second-order valence-corrected chi connectivity index (χ2v) is 8.15. The van der Waals surface area contributed by atoms with Crippen molar-refractivity contribution < 1.29 is 4.79 Å². The number of carbonyl (C=O) groups is 1. The standard InChI is InChI=1S/C25H35N5O/c1-4-27-24(31)22-12-10-20(11-13-22)17-28-25(26-3)29-23-14-15-30(19(2)16-23)18-21-8-6-5-7-9-21/h5-13,19,23H,4,14-18H2,1-3H3,(H,27,31)(H2,26,28,29). The summed E-state index contributed by atoms with van der Waals surface area (Å²) < 4.78 is 0. The minimum absolute atomic E-state index is 0.0350. The molecule has 3 N–H and O–H groups in total. The molecule has 2 unspecified atom stereocenters. The van der Waals surface area contributed by atoms with Gasteiger partial charge in [0.25, 0.3) is 5.91 Å². The lowest BCUT2D eigenvalue weighted by Gasteiger charge is -2.38. The van der Waals surface area contributed by atoms with E-state index in [9.17, 15) is 4.79 Å². The molecule has 31 heavy (non-hydrogen) atoms. The molecule has 0 aliphatic carbocycles. The number of nitrogens with one attached hydrogen (secondary N) is 3. The number of aliphatic imine (C=N–C) groups is 1. The van der Waals surface area contributed by atoms with Gasteiger partial charge in [-0.25, -0.2) is 0 Å². The average Bonchev–Trinajstić information content (AvgIpc) is 2.79. The fourth-order valence-corrected chi connectivity index (χ4v) is 4.02. The van der Waals surface area contributed by atoms with Gasteiger partial charge in [0.2, 0.25) is 0 Å². The highest BCUT2D eigenvalue weighted by Gasteiger charge is 2.25. The molecule has 6 heteroatoms. The van der Waals surface area contributed by atoms with Crippen molar-refractivity contribution in [1.82, 2.24) is 20.9 Å². The molecule has 6 nitrogen and oxygen atoms in total. The number of hydrogen-bond donors (Lipinski definition) is 3. The summed E-state index contributed by atoms with van der Waals surface area (Å²) in [4.78, 5) is 18.8. The van der Waals surface area contributed by atoms with E-state index < -0.39 is 0 Å². The molecule has 1 fully saturated rings. The Hall–Kier alpha value is -2.86. The van der Waals surface area contributed by atoms with E-state index in [1.54, 1.807) is 0 Å². The zero-order chi connectivity index (χ0) is 22.1. The molecule has 0 bridgehead atoms. The molecular formula is C25H35N5O. The number of carbonyl (C=O) groups excluding carboxylic acids is 1. The molecule has 166 valence electrons. The minimum atomic E-state index is -0.0350. The Labute approximate surface area is 186 Å². The summed E-state index contributed by atoms with van der Waals surface area (Å²) in [5.41, 5.74) is 3.17. The summed E-state index contributed by atoms with van der Waals surface area (Å²) in [6.45, 7) is 7.61. The average molecular weight is 422 g/mol. The molecule has 1 amide bonds. The van der Waals surface area contributed by atoms with Crippen LogP contribution >= 0.6 is 0 Å². The van der Waals surface area contributed by atoms with Crippen LogP contribution in [0.25, 0.3) is 0 Å². The first kappa shape index (κ1) is 22.8. The molecule has 1 aliphatic rings. The zero-order valence-corrected chi connectivity index (χ0v) is 18.9. The van der Waals surface area contributed by atoms with E-state index in [0.717, 1.165) is 37.5 Å². The van der Waals surface area contributed by atoms with Crippen LogP contribution in [0.4, 0.5) is 0 Å². The van der Waals surface area contributed by atoms with Gasteiger partial charge in [0.1, 0.15) is 0 Å². The number of guanidine groups is 1. The Balaban J connectivity index is 1.45. The molecule has 2 aromatic rings. The lowest BCUT2D eigenvalue weighted by atomic mass is 9.97. The lowest BCUT2D eigenvalue weighted by Crippen LogP contribution is -2.51. The molecule has 0 radical (unpaired) electrons. The van der Waals surface area contributed by atoms with Crippen molar-refractivity contribution >= 4 is 11.9 Å². The van der Waals surface area contributed by atoms with Gasteiger partial charge >= 0.3 is 0 Å². The van der Waals surface area contributed by atoms with Gasteiger partial charge in [-0.15, -0.1) is 0 Å². The normalized spacial score (nSPS) is 19.6. The van der Waals surface area contributed by atoms with Crippen LogP contribution in [-0.2, 0) is 13.1 Å². The van der Waals surface area contributed by atoms with Gasteiger partial charge in [-0.05, 0) is 49.9 Å². The third kappa shape index (κ3) is 6.82. The van der Waals surface area contributed by atoms with E-state index in [2.05, 4.69) is 63.1 Å². The predicted octanol–water partition coefficient (Wildman–Crippen LogP) is 3.15. The van der Waals surface area contributed by atoms with E-state index in [4.69, 9.17) is 0 Å². The summed E-state index contributed by atoms with van der Waals surface area (Å²) >= 11 is 0. The summed E-state index contributed by atoms with van der Waals surface area (Å²) in [7, 11) is 1.81. The van der Waals surface area contributed by atoms with Crippen LogP contribution in [0, 0.1) is 0 Å². The Bertz CT molecular complexity index is 850. The van der Waals surface area contributed by atoms with Gasteiger partial charge in [-0.2, -0.15) is 0 Å². The Morgan fingerprint density at radius 2 is 1.81 bits per heavy atom. The van der Waals surface area contributed by atoms with Crippen molar-refractivity contribution in [3.8, 4) is 0 Å². The van der Waals surface area contributed by atoms with Crippen LogP contribution in [0.2, 0.25) is 0 Å². The molecule has 2 aromatic carbocycles. The summed E-state index contributed by atoms with van der Waals surface area (Å²) in [5.74, 6) is 0.786. The molecule has 0 spiro atoms. The van der Waals surface area contributed by atoms with E-state index in [-0.39, 0.29) is 5.91 Å². The van der Waals surface area contributed by atoms with Crippen LogP contribution in [-0.4, -0.2) is 49.0 Å². The van der Waals surface area contributed by atoms with Gasteiger partial charge < -0.3 is 16.0 Å². The van der Waals surface area contributed by atoms with Gasteiger partial charge in [-0.3, -0.25) is 14.7 Å². The highest BCUT2D eigenvalue weighted by atomic mass is 16.1. The summed E-state index contributed by atoms with van der Waals surface area (Å²) in [5, 5.41) is 9.80. The first-order valence-electron chi connectivity index (χ1n) is 11.2.